The number of para-hydroxylation sites is 1. The molecule has 0 bridgehead atoms. The predicted molar refractivity (Wildman–Crippen MR) is 147 cm³/mol. The van der Waals surface area contributed by atoms with Crippen LogP contribution in [0, 0.1) is 5.82 Å². The van der Waals surface area contributed by atoms with Gasteiger partial charge in [-0.1, -0.05) is 49.1 Å². The third-order valence-corrected chi connectivity index (χ3v) is 6.74. The molecule has 9 heteroatoms. The lowest BCUT2D eigenvalue weighted by molar-refractivity contribution is -0.118. The topological polar surface area (TPSA) is 85.6 Å². The summed E-state index contributed by atoms with van der Waals surface area (Å²) in [5.74, 6) is 0.228. The number of ether oxygens (including phenoxy) is 1. The first-order chi connectivity index (χ1) is 18.5. The van der Waals surface area contributed by atoms with E-state index in [0.717, 1.165) is 25.7 Å². The van der Waals surface area contributed by atoms with Crippen LogP contribution in [0.2, 0.25) is 5.02 Å². The van der Waals surface area contributed by atoms with E-state index in [0.29, 0.717) is 38.8 Å². The van der Waals surface area contributed by atoms with Crippen molar-refractivity contribution in [3.8, 4) is 5.75 Å². The zero-order chi connectivity index (χ0) is 26.5. The van der Waals surface area contributed by atoms with E-state index in [-0.39, 0.29) is 18.1 Å². The number of hydrogen-bond donors (Lipinski definition) is 1. The Kier molecular flexibility index (Phi) is 7.79. The molecule has 1 fully saturated rings. The summed E-state index contributed by atoms with van der Waals surface area (Å²) >= 11 is 6.23. The van der Waals surface area contributed by atoms with Gasteiger partial charge < -0.3 is 10.1 Å². The highest BCUT2D eigenvalue weighted by Crippen LogP contribution is 2.32. The standard InChI is InChI=1S/C29H26ClFN4O3/c30-21-13-14-26(38-18-27(36)33-23-10-6-9-22(31)16-23)20(15-21)17-32-35-28(19-7-2-1-3-8-19)34-25-12-5-4-11-24(25)29(35)37/h4-6,9-17,19H,1-3,7-8,18H2,(H,33,36). The Labute approximate surface area is 223 Å². The Bertz CT molecular complexity index is 1560. The molecule has 1 aromatic heterocycles. The molecule has 38 heavy (non-hydrogen) atoms. The molecule has 7 nitrogen and oxygen atoms in total. The molecular formula is C29H26ClFN4O3. The van der Waals surface area contributed by atoms with Gasteiger partial charge in [0.2, 0.25) is 0 Å². The Morgan fingerprint density at radius 3 is 2.74 bits per heavy atom. The Morgan fingerprint density at radius 2 is 1.92 bits per heavy atom. The minimum absolute atomic E-state index is 0.139. The van der Waals surface area contributed by atoms with Crippen LogP contribution in [0.3, 0.4) is 0 Å². The molecule has 1 aliphatic rings. The summed E-state index contributed by atoms with van der Waals surface area (Å²) in [5, 5.41) is 8.07. The van der Waals surface area contributed by atoms with Crippen molar-refractivity contribution in [2.75, 3.05) is 11.9 Å². The molecule has 0 aliphatic heterocycles. The Hall–Kier alpha value is -4.04. The first kappa shape index (κ1) is 25.6. The van der Waals surface area contributed by atoms with Crippen LogP contribution in [0.4, 0.5) is 10.1 Å². The van der Waals surface area contributed by atoms with E-state index < -0.39 is 11.7 Å². The molecule has 5 rings (SSSR count). The number of rotatable bonds is 7. The first-order valence-electron chi connectivity index (χ1n) is 12.5. The molecule has 0 unspecified atom stereocenters. The average Bonchev–Trinajstić information content (AvgIpc) is 2.92. The van der Waals surface area contributed by atoms with Crippen LogP contribution in [0.1, 0.15) is 49.4 Å². The number of nitrogens with one attached hydrogen (secondary N) is 1. The number of amides is 1. The van der Waals surface area contributed by atoms with Crippen LogP contribution in [0.15, 0.2) is 76.6 Å². The number of hydrogen-bond acceptors (Lipinski definition) is 5. The number of nitrogens with zero attached hydrogens (tertiary/aromatic N) is 3. The Morgan fingerprint density at radius 1 is 1.11 bits per heavy atom. The van der Waals surface area contributed by atoms with Crippen molar-refractivity contribution in [3.05, 3.63) is 99.3 Å². The first-order valence-corrected chi connectivity index (χ1v) is 12.9. The maximum Gasteiger partial charge on any atom is 0.282 e. The molecule has 0 saturated heterocycles. The molecule has 0 radical (unpaired) electrons. The highest BCUT2D eigenvalue weighted by molar-refractivity contribution is 6.30. The van der Waals surface area contributed by atoms with Gasteiger partial charge in [0.05, 0.1) is 17.1 Å². The lowest BCUT2D eigenvalue weighted by Crippen LogP contribution is -2.25. The third kappa shape index (κ3) is 5.92. The van der Waals surface area contributed by atoms with Gasteiger partial charge in [-0.25, -0.2) is 9.37 Å². The van der Waals surface area contributed by atoms with E-state index in [1.807, 2.05) is 12.1 Å². The average molecular weight is 533 g/mol. The van der Waals surface area contributed by atoms with Crippen LogP contribution < -0.4 is 15.6 Å². The fraction of sp³-hybridized carbons (Fsp3) is 0.241. The van der Waals surface area contributed by atoms with E-state index >= 15 is 0 Å². The van der Waals surface area contributed by atoms with Gasteiger partial charge in [0.1, 0.15) is 17.4 Å². The number of benzene rings is 3. The lowest BCUT2D eigenvalue weighted by Gasteiger charge is -2.22. The summed E-state index contributed by atoms with van der Waals surface area (Å²) in [7, 11) is 0. The number of carbonyl (C=O) groups is 1. The zero-order valence-electron chi connectivity index (χ0n) is 20.6. The maximum atomic E-state index is 13.4. The van der Waals surface area contributed by atoms with Gasteiger partial charge in [0.25, 0.3) is 11.5 Å². The molecule has 1 N–H and O–H groups in total. The van der Waals surface area contributed by atoms with E-state index in [1.54, 1.807) is 36.4 Å². The van der Waals surface area contributed by atoms with E-state index in [9.17, 15) is 14.0 Å². The van der Waals surface area contributed by atoms with Crippen molar-refractivity contribution >= 4 is 40.3 Å². The number of halogens is 2. The second-order valence-corrected chi connectivity index (χ2v) is 9.65. The highest BCUT2D eigenvalue weighted by atomic mass is 35.5. The molecule has 4 aromatic rings. The predicted octanol–water partition coefficient (Wildman–Crippen LogP) is 6.14. The van der Waals surface area contributed by atoms with Crippen molar-refractivity contribution in [2.45, 2.75) is 38.0 Å². The monoisotopic (exact) mass is 532 g/mol. The molecule has 1 saturated carbocycles. The Balaban J connectivity index is 1.43. The zero-order valence-corrected chi connectivity index (χ0v) is 21.3. The lowest BCUT2D eigenvalue weighted by atomic mass is 9.88. The van der Waals surface area contributed by atoms with E-state index in [1.165, 1.54) is 35.5 Å². The second kappa shape index (κ2) is 11.6. The van der Waals surface area contributed by atoms with Crippen molar-refractivity contribution in [2.24, 2.45) is 5.10 Å². The van der Waals surface area contributed by atoms with Crippen molar-refractivity contribution in [3.63, 3.8) is 0 Å². The van der Waals surface area contributed by atoms with Crippen LogP contribution in [0.5, 0.6) is 5.75 Å². The smallest absolute Gasteiger partial charge is 0.282 e. The molecule has 0 spiro atoms. The van der Waals surface area contributed by atoms with Crippen molar-refractivity contribution < 1.29 is 13.9 Å². The van der Waals surface area contributed by atoms with E-state index in [2.05, 4.69) is 10.4 Å². The largest absolute Gasteiger partial charge is 0.483 e. The van der Waals surface area contributed by atoms with Crippen molar-refractivity contribution in [1.29, 1.82) is 0 Å². The number of fused-ring (bicyclic) bond motifs is 1. The van der Waals surface area contributed by atoms with Gasteiger partial charge >= 0.3 is 0 Å². The fourth-order valence-electron chi connectivity index (χ4n) is 4.66. The minimum Gasteiger partial charge on any atom is -0.483 e. The summed E-state index contributed by atoms with van der Waals surface area (Å²) in [4.78, 5) is 30.7. The molecule has 0 atom stereocenters. The van der Waals surface area contributed by atoms with Crippen LogP contribution in [-0.4, -0.2) is 28.4 Å². The molecule has 3 aromatic carbocycles. The van der Waals surface area contributed by atoms with Gasteiger partial charge in [0.15, 0.2) is 6.61 Å². The summed E-state index contributed by atoms with van der Waals surface area (Å²) < 4.78 is 20.5. The fourth-order valence-corrected chi connectivity index (χ4v) is 4.84. The van der Waals surface area contributed by atoms with Crippen molar-refractivity contribution in [1.82, 2.24) is 9.66 Å². The van der Waals surface area contributed by atoms with Gasteiger partial charge in [-0.05, 0) is 61.4 Å². The van der Waals surface area contributed by atoms with Gasteiger partial charge in [-0.3, -0.25) is 9.59 Å². The molecule has 1 heterocycles. The molecule has 1 aliphatic carbocycles. The molecule has 194 valence electrons. The highest BCUT2D eigenvalue weighted by Gasteiger charge is 2.22. The van der Waals surface area contributed by atoms with Gasteiger partial charge in [-0.2, -0.15) is 9.78 Å². The second-order valence-electron chi connectivity index (χ2n) is 9.21. The quantitative estimate of drug-likeness (QED) is 0.290. The summed E-state index contributed by atoms with van der Waals surface area (Å²) in [5.41, 5.74) is 1.23. The molecule has 1 amide bonds. The van der Waals surface area contributed by atoms with Crippen LogP contribution in [-0.2, 0) is 4.79 Å². The van der Waals surface area contributed by atoms with Gasteiger partial charge in [0, 0.05) is 22.2 Å². The molecular weight excluding hydrogens is 507 g/mol. The SMILES string of the molecule is O=C(COc1ccc(Cl)cc1C=Nn1c(C2CCCCC2)nc2ccccc2c1=O)Nc1cccc(F)c1. The van der Waals surface area contributed by atoms with Crippen LogP contribution >= 0.6 is 11.6 Å². The minimum atomic E-state index is -0.456. The van der Waals surface area contributed by atoms with Crippen LogP contribution in [0.25, 0.3) is 10.9 Å². The number of carbonyl (C=O) groups excluding carboxylic acids is 1. The number of anilines is 1. The third-order valence-electron chi connectivity index (χ3n) is 6.50. The summed E-state index contributed by atoms with van der Waals surface area (Å²) in [6, 6.07) is 17.8. The number of aromatic nitrogens is 2. The van der Waals surface area contributed by atoms with E-state index in [4.69, 9.17) is 21.3 Å². The van der Waals surface area contributed by atoms with Gasteiger partial charge in [-0.15, -0.1) is 0 Å². The summed E-state index contributed by atoms with van der Waals surface area (Å²) in [6.07, 6.45) is 6.74. The normalized spacial score (nSPS) is 14.2. The summed E-state index contributed by atoms with van der Waals surface area (Å²) in [6.45, 7) is -0.316. The maximum absolute atomic E-state index is 13.4.